The van der Waals surface area contributed by atoms with E-state index in [-0.39, 0.29) is 5.56 Å². The van der Waals surface area contributed by atoms with Crippen LogP contribution >= 0.6 is 0 Å². The molecule has 0 radical (unpaired) electrons. The van der Waals surface area contributed by atoms with Crippen LogP contribution in [0.25, 0.3) is 0 Å². The predicted molar refractivity (Wildman–Crippen MR) is 82.0 cm³/mol. The molecule has 1 atom stereocenters. The van der Waals surface area contributed by atoms with Crippen LogP contribution in [-0.4, -0.2) is 36.8 Å². The van der Waals surface area contributed by atoms with E-state index in [1.54, 1.807) is 12.1 Å². The molecule has 1 fully saturated rings. The molecule has 1 aromatic carbocycles. The summed E-state index contributed by atoms with van der Waals surface area (Å²) in [5, 5.41) is 10.3. The Bertz CT molecular complexity index is 446. The van der Waals surface area contributed by atoms with Crippen molar-refractivity contribution in [2.24, 2.45) is 0 Å². The van der Waals surface area contributed by atoms with Gasteiger partial charge < -0.3 is 14.7 Å². The molecule has 1 N–H and O–H groups in total. The monoisotopic (exact) mass is 295 g/mol. The van der Waals surface area contributed by atoms with Crippen LogP contribution in [0.5, 0.6) is 5.75 Å². The molecule has 1 aliphatic carbocycles. The van der Waals surface area contributed by atoms with E-state index in [0.717, 1.165) is 6.54 Å². The lowest BCUT2D eigenvalue weighted by molar-refractivity contribution is 0.120. The molecule has 3 nitrogen and oxygen atoms in total. The molecule has 4 heteroatoms. The van der Waals surface area contributed by atoms with Gasteiger partial charge in [-0.1, -0.05) is 25.3 Å². The molecular formula is C17H26FNO2. The summed E-state index contributed by atoms with van der Waals surface area (Å²) in [5.41, 5.74) is 0.275. The van der Waals surface area contributed by atoms with Crippen LogP contribution in [-0.2, 0) is 0 Å². The molecule has 0 heterocycles. The highest BCUT2D eigenvalue weighted by molar-refractivity contribution is 5.36. The molecule has 1 saturated carbocycles. The largest absolute Gasteiger partial charge is 0.496 e. The summed E-state index contributed by atoms with van der Waals surface area (Å²) >= 11 is 0. The zero-order chi connectivity index (χ0) is 15.2. The Morgan fingerprint density at radius 2 is 2.05 bits per heavy atom. The Morgan fingerprint density at radius 1 is 1.33 bits per heavy atom. The lowest BCUT2D eigenvalue weighted by Crippen LogP contribution is -2.34. The Kier molecular flexibility index (Phi) is 6.00. The van der Waals surface area contributed by atoms with E-state index in [0.29, 0.717) is 18.2 Å². The Morgan fingerprint density at radius 3 is 2.71 bits per heavy atom. The molecule has 1 aliphatic rings. The summed E-state index contributed by atoms with van der Waals surface area (Å²) in [6, 6.07) is 5.25. The van der Waals surface area contributed by atoms with E-state index < -0.39 is 11.9 Å². The van der Waals surface area contributed by atoms with E-state index in [2.05, 4.69) is 11.9 Å². The van der Waals surface area contributed by atoms with Crippen molar-refractivity contribution in [1.29, 1.82) is 0 Å². The second kappa shape index (κ2) is 7.76. The van der Waals surface area contributed by atoms with Crippen LogP contribution in [0.1, 0.15) is 50.2 Å². The lowest BCUT2D eigenvalue weighted by Gasteiger charge is -2.31. The minimum absolute atomic E-state index is 0.275. The highest BCUT2D eigenvalue weighted by atomic mass is 19.1. The maximum Gasteiger partial charge on any atom is 0.132 e. The summed E-state index contributed by atoms with van der Waals surface area (Å²) in [7, 11) is 3.60. The fourth-order valence-corrected chi connectivity index (χ4v) is 3.19. The van der Waals surface area contributed by atoms with Crippen molar-refractivity contribution >= 4 is 0 Å². The van der Waals surface area contributed by atoms with Crippen LogP contribution in [0.3, 0.4) is 0 Å². The zero-order valence-electron chi connectivity index (χ0n) is 13.0. The molecule has 21 heavy (non-hydrogen) atoms. The number of benzene rings is 1. The molecule has 0 saturated heterocycles. The number of halogens is 1. The lowest BCUT2D eigenvalue weighted by atomic mass is 9.94. The molecule has 118 valence electrons. The second-order valence-corrected chi connectivity index (χ2v) is 5.93. The predicted octanol–water partition coefficient (Wildman–Crippen LogP) is 3.52. The van der Waals surface area contributed by atoms with E-state index in [1.165, 1.54) is 45.3 Å². The summed E-state index contributed by atoms with van der Waals surface area (Å²) in [6.45, 7) is 0.767. The molecule has 1 unspecified atom stereocenters. The number of ether oxygens (including phenoxy) is 1. The Hall–Kier alpha value is -1.13. The Balaban J connectivity index is 1.93. The van der Waals surface area contributed by atoms with Gasteiger partial charge in [0, 0.05) is 12.6 Å². The number of nitrogens with zero attached hydrogens (tertiary/aromatic N) is 1. The Labute approximate surface area is 126 Å². The number of hydrogen-bond donors (Lipinski definition) is 1. The van der Waals surface area contributed by atoms with Gasteiger partial charge >= 0.3 is 0 Å². The van der Waals surface area contributed by atoms with Gasteiger partial charge in [-0.05, 0) is 38.4 Å². The minimum Gasteiger partial charge on any atom is -0.496 e. The second-order valence-electron chi connectivity index (χ2n) is 5.93. The summed E-state index contributed by atoms with van der Waals surface area (Å²) in [5.74, 6) is 0.0185. The molecule has 0 aromatic heterocycles. The minimum atomic E-state index is -0.827. The van der Waals surface area contributed by atoms with Crippen LogP contribution < -0.4 is 4.74 Å². The van der Waals surface area contributed by atoms with E-state index in [4.69, 9.17) is 4.74 Å². The highest BCUT2D eigenvalue weighted by Crippen LogP contribution is 2.30. The third kappa shape index (κ3) is 4.17. The maximum absolute atomic E-state index is 13.9. The van der Waals surface area contributed by atoms with Crippen molar-refractivity contribution in [3.63, 3.8) is 0 Å². The van der Waals surface area contributed by atoms with E-state index >= 15 is 0 Å². The van der Waals surface area contributed by atoms with Gasteiger partial charge in [0.05, 0.1) is 18.8 Å². The zero-order valence-corrected chi connectivity index (χ0v) is 13.0. The smallest absolute Gasteiger partial charge is 0.132 e. The van der Waals surface area contributed by atoms with E-state index in [1.807, 2.05) is 0 Å². The van der Waals surface area contributed by atoms with Gasteiger partial charge in [-0.2, -0.15) is 0 Å². The van der Waals surface area contributed by atoms with Crippen molar-refractivity contribution in [3.8, 4) is 5.75 Å². The van der Waals surface area contributed by atoms with Gasteiger partial charge in [0.1, 0.15) is 11.6 Å². The first kappa shape index (κ1) is 16.2. The average molecular weight is 295 g/mol. The van der Waals surface area contributed by atoms with Crippen LogP contribution in [0.15, 0.2) is 18.2 Å². The van der Waals surface area contributed by atoms with Gasteiger partial charge in [-0.25, -0.2) is 4.39 Å². The van der Waals surface area contributed by atoms with E-state index in [9.17, 15) is 9.50 Å². The number of aliphatic hydroxyl groups is 1. The first-order valence-corrected chi connectivity index (χ1v) is 7.84. The number of rotatable bonds is 6. The van der Waals surface area contributed by atoms with Gasteiger partial charge in [-0.15, -0.1) is 0 Å². The quantitative estimate of drug-likeness (QED) is 0.871. The van der Waals surface area contributed by atoms with Crippen molar-refractivity contribution in [3.05, 3.63) is 29.6 Å². The van der Waals surface area contributed by atoms with Crippen molar-refractivity contribution in [2.75, 3.05) is 20.7 Å². The topological polar surface area (TPSA) is 32.7 Å². The third-order valence-corrected chi connectivity index (χ3v) is 4.52. The van der Waals surface area contributed by atoms with Gasteiger partial charge in [0.2, 0.25) is 0 Å². The molecule has 1 aromatic rings. The number of hydrogen-bond acceptors (Lipinski definition) is 3. The highest BCUT2D eigenvalue weighted by Gasteiger charge is 2.21. The van der Waals surface area contributed by atoms with Gasteiger partial charge in [0.15, 0.2) is 0 Å². The van der Waals surface area contributed by atoms with Crippen LogP contribution in [0, 0.1) is 5.82 Å². The molecule has 2 rings (SSSR count). The first-order chi connectivity index (χ1) is 10.1. The number of methoxy groups -OCH3 is 1. The first-order valence-electron chi connectivity index (χ1n) is 7.84. The summed E-state index contributed by atoms with van der Waals surface area (Å²) < 4.78 is 19.1. The average Bonchev–Trinajstić information content (AvgIpc) is 2.52. The van der Waals surface area contributed by atoms with Crippen molar-refractivity contribution < 1.29 is 14.2 Å². The van der Waals surface area contributed by atoms with Crippen molar-refractivity contribution in [1.82, 2.24) is 4.90 Å². The summed E-state index contributed by atoms with van der Waals surface area (Å²) in [4.78, 5) is 2.30. The van der Waals surface area contributed by atoms with Gasteiger partial charge in [0.25, 0.3) is 0 Å². The SMILES string of the molecule is COc1cccc(F)c1C(O)CCN(C)C1CCCCC1. The summed E-state index contributed by atoms with van der Waals surface area (Å²) in [6.07, 6.45) is 6.07. The molecule has 0 aliphatic heterocycles. The molecule has 0 spiro atoms. The van der Waals surface area contributed by atoms with Crippen LogP contribution in [0.2, 0.25) is 0 Å². The van der Waals surface area contributed by atoms with Crippen molar-refractivity contribution in [2.45, 2.75) is 50.7 Å². The maximum atomic E-state index is 13.9. The van der Waals surface area contributed by atoms with Gasteiger partial charge in [-0.3, -0.25) is 0 Å². The normalized spacial score (nSPS) is 18.0. The molecule has 0 amide bonds. The third-order valence-electron chi connectivity index (χ3n) is 4.52. The number of aliphatic hydroxyl groups excluding tert-OH is 1. The molecule has 0 bridgehead atoms. The fourth-order valence-electron chi connectivity index (χ4n) is 3.19. The molecular weight excluding hydrogens is 269 g/mol. The fraction of sp³-hybridized carbons (Fsp3) is 0.647. The van der Waals surface area contributed by atoms with Crippen LogP contribution in [0.4, 0.5) is 4.39 Å². The standard InChI is InChI=1S/C17H26FNO2/c1-19(13-7-4-3-5-8-13)12-11-15(20)17-14(18)9-6-10-16(17)21-2/h6,9-10,13,15,20H,3-5,7-8,11-12H2,1-2H3.